The number of aromatic nitrogens is 1. The highest BCUT2D eigenvalue weighted by atomic mass is 19.4. The molecule has 3 aromatic rings. The van der Waals surface area contributed by atoms with E-state index in [1.165, 1.54) is 25.1 Å². The van der Waals surface area contributed by atoms with Gasteiger partial charge in [0.15, 0.2) is 0 Å². The highest BCUT2D eigenvalue weighted by Crippen LogP contribution is 2.36. The Morgan fingerprint density at radius 3 is 2.35 bits per heavy atom. The summed E-state index contributed by atoms with van der Waals surface area (Å²) in [4.78, 5) is 16.8. The van der Waals surface area contributed by atoms with Gasteiger partial charge in [-0.1, -0.05) is 42.5 Å². The summed E-state index contributed by atoms with van der Waals surface area (Å²) in [5.74, 6) is -0.480. The quantitative estimate of drug-likeness (QED) is 0.590. The summed E-state index contributed by atoms with van der Waals surface area (Å²) in [6.07, 6.45) is -3.56. The number of aromatic hydroxyl groups is 1. The van der Waals surface area contributed by atoms with Crippen molar-refractivity contribution in [1.29, 1.82) is 5.26 Å². The lowest BCUT2D eigenvalue weighted by Crippen LogP contribution is -2.28. The summed E-state index contributed by atoms with van der Waals surface area (Å²) in [6.45, 7) is 3.11. The van der Waals surface area contributed by atoms with Crippen LogP contribution in [0.25, 0.3) is 0 Å². The first-order valence-corrected chi connectivity index (χ1v) is 9.30. The van der Waals surface area contributed by atoms with Crippen LogP contribution in [0.4, 0.5) is 18.9 Å². The fraction of sp³-hybridized carbons (Fsp3) is 0.174. The van der Waals surface area contributed by atoms with E-state index in [9.17, 15) is 28.3 Å². The summed E-state index contributed by atoms with van der Waals surface area (Å²) in [6, 6.07) is 14.8. The predicted octanol–water partition coefficient (Wildman–Crippen LogP) is 5.11. The van der Waals surface area contributed by atoms with Crippen molar-refractivity contribution in [3.63, 3.8) is 0 Å². The van der Waals surface area contributed by atoms with E-state index in [4.69, 9.17) is 0 Å². The SMILES string of the molecule is Cc1c(C=Nc2ccccc2C(F)(F)F)c(O)n(C(C)c2ccccc2)c(=O)c1C#N. The van der Waals surface area contributed by atoms with Crippen LogP contribution in [-0.2, 0) is 6.18 Å². The number of rotatable bonds is 4. The van der Waals surface area contributed by atoms with E-state index >= 15 is 0 Å². The Balaban J connectivity index is 2.20. The van der Waals surface area contributed by atoms with Gasteiger partial charge >= 0.3 is 6.18 Å². The molecule has 0 spiro atoms. The average molecular weight is 425 g/mol. The molecule has 5 nitrogen and oxygen atoms in total. The van der Waals surface area contributed by atoms with E-state index in [2.05, 4.69) is 4.99 Å². The Hall–Kier alpha value is -3.86. The molecule has 0 fully saturated rings. The number of para-hydroxylation sites is 1. The average Bonchev–Trinajstić information content (AvgIpc) is 2.74. The van der Waals surface area contributed by atoms with E-state index in [0.29, 0.717) is 5.56 Å². The van der Waals surface area contributed by atoms with Gasteiger partial charge in [0.05, 0.1) is 22.9 Å². The van der Waals surface area contributed by atoms with Crippen molar-refractivity contribution in [2.45, 2.75) is 26.1 Å². The molecular weight excluding hydrogens is 407 g/mol. The lowest BCUT2D eigenvalue weighted by Gasteiger charge is -2.20. The topological polar surface area (TPSA) is 78.4 Å². The van der Waals surface area contributed by atoms with Gasteiger partial charge in [-0.2, -0.15) is 18.4 Å². The van der Waals surface area contributed by atoms with Gasteiger partial charge in [-0.05, 0) is 37.1 Å². The Kier molecular flexibility index (Phi) is 5.97. The molecule has 8 heteroatoms. The summed E-state index contributed by atoms with van der Waals surface area (Å²) in [5.41, 5.74) is -1.35. The van der Waals surface area contributed by atoms with Gasteiger partial charge in [-0.15, -0.1) is 0 Å². The van der Waals surface area contributed by atoms with Crippen molar-refractivity contribution < 1.29 is 18.3 Å². The van der Waals surface area contributed by atoms with Gasteiger partial charge in [0.25, 0.3) is 5.56 Å². The van der Waals surface area contributed by atoms with Crippen LogP contribution < -0.4 is 5.56 Å². The minimum Gasteiger partial charge on any atom is -0.494 e. The molecule has 1 N–H and O–H groups in total. The molecule has 2 aromatic carbocycles. The van der Waals surface area contributed by atoms with E-state index in [1.54, 1.807) is 37.3 Å². The van der Waals surface area contributed by atoms with Gasteiger partial charge in [0.1, 0.15) is 11.6 Å². The third-order valence-corrected chi connectivity index (χ3v) is 5.00. The number of alkyl halides is 3. The highest BCUT2D eigenvalue weighted by molar-refractivity contribution is 5.87. The van der Waals surface area contributed by atoms with Gasteiger partial charge in [-0.3, -0.25) is 14.4 Å². The Morgan fingerprint density at radius 1 is 1.13 bits per heavy atom. The Bertz CT molecular complexity index is 1240. The molecule has 0 aliphatic heterocycles. The highest BCUT2D eigenvalue weighted by Gasteiger charge is 2.33. The van der Waals surface area contributed by atoms with Gasteiger partial charge in [0, 0.05) is 6.21 Å². The Morgan fingerprint density at radius 2 is 1.74 bits per heavy atom. The van der Waals surface area contributed by atoms with Crippen LogP contribution in [-0.4, -0.2) is 15.9 Å². The lowest BCUT2D eigenvalue weighted by molar-refractivity contribution is -0.137. The van der Waals surface area contributed by atoms with Gasteiger partial charge in [-0.25, -0.2) is 0 Å². The molecule has 0 aliphatic rings. The minimum absolute atomic E-state index is 0.00379. The summed E-state index contributed by atoms with van der Waals surface area (Å²) < 4.78 is 40.8. The second-order valence-corrected chi connectivity index (χ2v) is 6.88. The largest absolute Gasteiger partial charge is 0.494 e. The lowest BCUT2D eigenvalue weighted by atomic mass is 10.0. The zero-order chi connectivity index (χ0) is 22.8. The fourth-order valence-electron chi connectivity index (χ4n) is 3.30. The summed E-state index contributed by atoms with van der Waals surface area (Å²) in [5, 5.41) is 20.3. The number of nitriles is 1. The maximum Gasteiger partial charge on any atom is 0.418 e. The van der Waals surface area contributed by atoms with Crippen LogP contribution in [0.5, 0.6) is 5.88 Å². The fourth-order valence-corrected chi connectivity index (χ4v) is 3.30. The molecule has 0 radical (unpaired) electrons. The molecule has 0 aliphatic carbocycles. The number of halogens is 3. The normalized spacial score (nSPS) is 12.6. The van der Waals surface area contributed by atoms with Crippen molar-refractivity contribution in [2.75, 3.05) is 0 Å². The monoisotopic (exact) mass is 425 g/mol. The standard InChI is InChI=1S/C23H18F3N3O2/c1-14-17(12-27)21(30)29(15(2)16-8-4-3-5-9-16)22(31)18(14)13-28-20-11-7-6-10-19(20)23(24,25)26/h3-11,13,15,31H,1-2H3. The predicted molar refractivity (Wildman–Crippen MR) is 111 cm³/mol. The Labute approximate surface area is 176 Å². The van der Waals surface area contributed by atoms with E-state index < -0.39 is 29.2 Å². The zero-order valence-electron chi connectivity index (χ0n) is 16.7. The molecule has 0 saturated heterocycles. The number of aliphatic imine (C=N–C) groups is 1. The van der Waals surface area contributed by atoms with Crippen LogP contribution in [0.3, 0.4) is 0 Å². The smallest absolute Gasteiger partial charge is 0.418 e. The molecular formula is C23H18F3N3O2. The third kappa shape index (κ3) is 4.21. The maximum atomic E-state index is 13.3. The van der Waals surface area contributed by atoms with Crippen molar-refractivity contribution >= 4 is 11.9 Å². The number of hydrogen-bond donors (Lipinski definition) is 1. The molecule has 0 bridgehead atoms. The first-order chi connectivity index (χ1) is 14.7. The molecule has 31 heavy (non-hydrogen) atoms. The number of pyridine rings is 1. The van der Waals surface area contributed by atoms with Gasteiger partial charge < -0.3 is 5.11 Å². The van der Waals surface area contributed by atoms with Crippen LogP contribution in [0.2, 0.25) is 0 Å². The van der Waals surface area contributed by atoms with Gasteiger partial charge in [0.2, 0.25) is 5.88 Å². The number of hydrogen-bond acceptors (Lipinski definition) is 4. The number of nitrogens with zero attached hydrogens (tertiary/aromatic N) is 3. The van der Waals surface area contributed by atoms with E-state index in [1.807, 2.05) is 6.07 Å². The zero-order valence-corrected chi connectivity index (χ0v) is 16.7. The van der Waals surface area contributed by atoms with Crippen LogP contribution in [0, 0.1) is 18.3 Å². The van der Waals surface area contributed by atoms with Crippen molar-refractivity contribution in [3.8, 4) is 11.9 Å². The third-order valence-electron chi connectivity index (χ3n) is 5.00. The molecule has 1 aromatic heterocycles. The second-order valence-electron chi connectivity index (χ2n) is 6.88. The molecule has 0 saturated carbocycles. The maximum absolute atomic E-state index is 13.3. The first-order valence-electron chi connectivity index (χ1n) is 9.30. The molecule has 1 unspecified atom stereocenters. The molecule has 1 heterocycles. The van der Waals surface area contributed by atoms with Crippen molar-refractivity contribution in [1.82, 2.24) is 4.57 Å². The molecule has 1 atom stereocenters. The summed E-state index contributed by atoms with van der Waals surface area (Å²) in [7, 11) is 0. The van der Waals surface area contributed by atoms with Crippen molar-refractivity contribution in [3.05, 3.63) is 92.8 Å². The van der Waals surface area contributed by atoms with Crippen LogP contribution in [0.15, 0.2) is 64.4 Å². The molecule has 0 amide bonds. The minimum atomic E-state index is -4.61. The van der Waals surface area contributed by atoms with Crippen molar-refractivity contribution in [2.24, 2.45) is 4.99 Å². The molecule has 3 rings (SSSR count). The number of benzene rings is 2. The van der Waals surface area contributed by atoms with E-state index in [-0.39, 0.29) is 22.4 Å². The van der Waals surface area contributed by atoms with E-state index in [0.717, 1.165) is 16.8 Å². The first kappa shape index (κ1) is 21.8. The van der Waals surface area contributed by atoms with Crippen LogP contribution in [0.1, 0.15) is 40.8 Å². The second kappa shape index (κ2) is 8.48. The molecule has 158 valence electrons. The van der Waals surface area contributed by atoms with Crippen LogP contribution >= 0.6 is 0 Å². The summed E-state index contributed by atoms with van der Waals surface area (Å²) >= 11 is 0.